The predicted octanol–water partition coefficient (Wildman–Crippen LogP) is 2.86. The molecular weight excluding hydrogens is 304 g/mol. The minimum absolute atomic E-state index is 0.00202. The molecule has 1 aromatic rings. The first-order valence-corrected chi connectivity index (χ1v) is 8.63. The van der Waals surface area contributed by atoms with Gasteiger partial charge in [-0.15, -0.1) is 0 Å². The van der Waals surface area contributed by atoms with E-state index < -0.39 is 0 Å². The summed E-state index contributed by atoms with van der Waals surface area (Å²) in [6, 6.07) is 6.87. The summed E-state index contributed by atoms with van der Waals surface area (Å²) in [5.41, 5.74) is 0.889. The minimum atomic E-state index is -0.284. The second-order valence-electron chi connectivity index (χ2n) is 7.25. The lowest BCUT2D eigenvalue weighted by molar-refractivity contribution is 0.00724. The number of carbonyl (C=O) groups is 2. The van der Waals surface area contributed by atoms with E-state index in [0.29, 0.717) is 24.3 Å². The van der Waals surface area contributed by atoms with Crippen LogP contribution in [0.1, 0.15) is 61.3 Å². The summed E-state index contributed by atoms with van der Waals surface area (Å²) in [6.07, 6.45) is 2.09. The molecular formula is C19H28N2O3. The van der Waals surface area contributed by atoms with E-state index in [1.807, 2.05) is 32.6 Å². The largest absolute Gasteiger partial charge is 0.377 e. The first-order chi connectivity index (χ1) is 11.3. The number of amides is 2. The molecule has 132 valence electrons. The Morgan fingerprint density at radius 2 is 1.83 bits per heavy atom. The zero-order chi connectivity index (χ0) is 17.7. The Labute approximate surface area is 144 Å². The molecule has 0 spiro atoms. The molecule has 5 heteroatoms. The van der Waals surface area contributed by atoms with Crippen molar-refractivity contribution in [2.45, 2.75) is 52.2 Å². The monoisotopic (exact) mass is 332 g/mol. The van der Waals surface area contributed by atoms with Crippen molar-refractivity contribution in [3.05, 3.63) is 35.4 Å². The Morgan fingerprint density at radius 1 is 1.21 bits per heavy atom. The van der Waals surface area contributed by atoms with Gasteiger partial charge in [0.15, 0.2) is 0 Å². The lowest BCUT2D eigenvalue weighted by atomic mass is 10.0. The van der Waals surface area contributed by atoms with Gasteiger partial charge in [0.05, 0.1) is 6.10 Å². The number of benzene rings is 1. The van der Waals surface area contributed by atoms with E-state index in [1.165, 1.54) is 0 Å². The summed E-state index contributed by atoms with van der Waals surface area (Å²) in [4.78, 5) is 26.6. The molecule has 0 aliphatic carbocycles. The molecule has 0 unspecified atom stereocenters. The van der Waals surface area contributed by atoms with Crippen LogP contribution in [0.15, 0.2) is 24.3 Å². The fourth-order valence-corrected chi connectivity index (χ4v) is 2.85. The normalized spacial score (nSPS) is 18.3. The third-order valence-electron chi connectivity index (χ3n) is 3.95. The van der Waals surface area contributed by atoms with Crippen molar-refractivity contribution in [3.8, 4) is 0 Å². The molecule has 1 saturated heterocycles. The van der Waals surface area contributed by atoms with Gasteiger partial charge in [0.25, 0.3) is 11.8 Å². The van der Waals surface area contributed by atoms with E-state index in [0.717, 1.165) is 19.4 Å². The number of likely N-dealkylation sites (tertiary alicyclic amines) is 1. The molecule has 1 N–H and O–H groups in total. The number of hydrogen-bond donors (Lipinski definition) is 1. The van der Waals surface area contributed by atoms with Crippen LogP contribution in [0.3, 0.4) is 0 Å². The average molecular weight is 332 g/mol. The number of hydrogen-bond acceptors (Lipinski definition) is 3. The van der Waals surface area contributed by atoms with Crippen molar-refractivity contribution < 1.29 is 14.3 Å². The zero-order valence-corrected chi connectivity index (χ0v) is 15.1. The van der Waals surface area contributed by atoms with Crippen molar-refractivity contribution in [1.29, 1.82) is 0 Å². The van der Waals surface area contributed by atoms with E-state index in [2.05, 4.69) is 5.32 Å². The van der Waals surface area contributed by atoms with Crippen LogP contribution in [-0.2, 0) is 4.74 Å². The van der Waals surface area contributed by atoms with Gasteiger partial charge in [-0.25, -0.2) is 0 Å². The van der Waals surface area contributed by atoms with Crippen molar-refractivity contribution in [3.63, 3.8) is 0 Å². The summed E-state index contributed by atoms with van der Waals surface area (Å²) in [7, 11) is 0. The van der Waals surface area contributed by atoms with Crippen LogP contribution in [0.4, 0.5) is 0 Å². The molecule has 1 aliphatic heterocycles. The molecule has 1 aliphatic rings. The second-order valence-corrected chi connectivity index (χ2v) is 7.25. The van der Waals surface area contributed by atoms with E-state index >= 15 is 0 Å². The lowest BCUT2D eigenvalue weighted by Gasteiger charge is -2.32. The highest BCUT2D eigenvalue weighted by Crippen LogP contribution is 2.17. The Bertz CT molecular complexity index is 573. The summed E-state index contributed by atoms with van der Waals surface area (Å²) in [5, 5.41) is 2.92. The second kappa shape index (κ2) is 7.79. The zero-order valence-electron chi connectivity index (χ0n) is 15.1. The first-order valence-electron chi connectivity index (χ1n) is 8.63. The number of rotatable bonds is 4. The van der Waals surface area contributed by atoms with Gasteiger partial charge in [-0.05, 0) is 64.8 Å². The van der Waals surface area contributed by atoms with Crippen LogP contribution in [-0.4, -0.2) is 48.1 Å². The molecule has 0 saturated carbocycles. The Balaban J connectivity index is 2.02. The molecule has 5 nitrogen and oxygen atoms in total. The number of ether oxygens (including phenoxy) is 1. The van der Waals surface area contributed by atoms with E-state index in [4.69, 9.17) is 4.74 Å². The summed E-state index contributed by atoms with van der Waals surface area (Å²) in [6.45, 7) is 9.86. The van der Waals surface area contributed by atoms with E-state index in [-0.39, 0.29) is 23.5 Å². The van der Waals surface area contributed by atoms with Crippen LogP contribution in [0.5, 0.6) is 0 Å². The van der Waals surface area contributed by atoms with Crippen LogP contribution < -0.4 is 5.32 Å². The lowest BCUT2D eigenvalue weighted by Crippen LogP contribution is -2.43. The van der Waals surface area contributed by atoms with Crippen molar-refractivity contribution >= 4 is 11.8 Å². The third kappa shape index (κ3) is 5.06. The molecule has 0 radical (unpaired) electrons. The molecule has 2 amide bonds. The van der Waals surface area contributed by atoms with Crippen molar-refractivity contribution in [1.82, 2.24) is 10.2 Å². The van der Waals surface area contributed by atoms with Crippen LogP contribution in [0.25, 0.3) is 0 Å². The van der Waals surface area contributed by atoms with Crippen molar-refractivity contribution in [2.75, 3.05) is 19.7 Å². The fourth-order valence-electron chi connectivity index (χ4n) is 2.85. The first kappa shape index (κ1) is 18.5. The van der Waals surface area contributed by atoms with Gasteiger partial charge < -0.3 is 15.0 Å². The molecule has 0 aromatic heterocycles. The van der Waals surface area contributed by atoms with Crippen LogP contribution in [0, 0.1) is 0 Å². The molecule has 1 aromatic carbocycles. The average Bonchev–Trinajstić information content (AvgIpc) is 2.53. The van der Waals surface area contributed by atoms with E-state index in [1.54, 1.807) is 24.3 Å². The van der Waals surface area contributed by atoms with Crippen LogP contribution in [0.2, 0.25) is 0 Å². The molecule has 1 heterocycles. The number of nitrogens with one attached hydrogen (secondary N) is 1. The van der Waals surface area contributed by atoms with Crippen molar-refractivity contribution in [2.24, 2.45) is 0 Å². The van der Waals surface area contributed by atoms with E-state index in [9.17, 15) is 9.59 Å². The molecule has 24 heavy (non-hydrogen) atoms. The standard InChI is InChI=1S/C19H28N2O3/c1-5-24-16-7-6-12-21(13-16)18(23)15-10-8-14(9-11-15)17(22)20-19(2,3)4/h8-11,16H,5-7,12-13H2,1-4H3,(H,20,22)/t16-/m1/s1. The molecule has 1 atom stereocenters. The van der Waals surface area contributed by atoms with Gasteiger partial charge in [0.1, 0.15) is 0 Å². The Morgan fingerprint density at radius 3 is 2.42 bits per heavy atom. The smallest absolute Gasteiger partial charge is 0.253 e. The minimum Gasteiger partial charge on any atom is -0.377 e. The maximum Gasteiger partial charge on any atom is 0.253 e. The van der Waals surface area contributed by atoms with Gasteiger partial charge in [0.2, 0.25) is 0 Å². The van der Waals surface area contributed by atoms with Crippen LogP contribution >= 0.6 is 0 Å². The SMILES string of the molecule is CCO[C@@H]1CCCN(C(=O)c2ccc(C(=O)NC(C)(C)C)cc2)C1. The van der Waals surface area contributed by atoms with Gasteiger partial charge in [-0.2, -0.15) is 0 Å². The van der Waals surface area contributed by atoms with Gasteiger partial charge in [-0.3, -0.25) is 9.59 Å². The highest BCUT2D eigenvalue weighted by Gasteiger charge is 2.25. The third-order valence-corrected chi connectivity index (χ3v) is 3.95. The van der Waals surface area contributed by atoms with Gasteiger partial charge in [0, 0.05) is 36.4 Å². The summed E-state index contributed by atoms with van der Waals surface area (Å²) < 4.78 is 5.65. The van der Waals surface area contributed by atoms with Gasteiger partial charge in [-0.1, -0.05) is 0 Å². The molecule has 1 fully saturated rings. The Hall–Kier alpha value is -1.88. The summed E-state index contributed by atoms with van der Waals surface area (Å²) in [5.74, 6) is -0.127. The maximum atomic E-state index is 12.6. The number of piperidine rings is 1. The summed E-state index contributed by atoms with van der Waals surface area (Å²) >= 11 is 0. The fraction of sp³-hybridized carbons (Fsp3) is 0.579. The molecule has 2 rings (SSSR count). The Kier molecular flexibility index (Phi) is 5.99. The maximum absolute atomic E-state index is 12.6. The predicted molar refractivity (Wildman–Crippen MR) is 94.2 cm³/mol. The topological polar surface area (TPSA) is 58.6 Å². The number of carbonyl (C=O) groups excluding carboxylic acids is 2. The highest BCUT2D eigenvalue weighted by molar-refractivity contribution is 5.98. The number of nitrogens with zero attached hydrogens (tertiary/aromatic N) is 1. The quantitative estimate of drug-likeness (QED) is 0.922. The highest BCUT2D eigenvalue weighted by atomic mass is 16.5. The van der Waals surface area contributed by atoms with Gasteiger partial charge >= 0.3 is 0 Å². The molecule has 0 bridgehead atoms.